The number of esters is 1. The topological polar surface area (TPSA) is 38.3 Å². The summed E-state index contributed by atoms with van der Waals surface area (Å²) in [7, 11) is 1.48. The molecule has 2 aliphatic rings. The number of hydrogen-bond donors (Lipinski definition) is 1. The second kappa shape index (κ2) is 4.39. The highest BCUT2D eigenvalue weighted by Gasteiger charge is 2.46. The lowest BCUT2D eigenvalue weighted by Gasteiger charge is -2.35. The van der Waals surface area contributed by atoms with Crippen LogP contribution in [0, 0.1) is 0 Å². The van der Waals surface area contributed by atoms with Crippen molar-refractivity contribution in [3.63, 3.8) is 0 Å². The van der Waals surface area contributed by atoms with Gasteiger partial charge in [0, 0.05) is 0 Å². The minimum Gasteiger partial charge on any atom is -0.469 e. The van der Waals surface area contributed by atoms with Crippen LogP contribution in [0.25, 0.3) is 0 Å². The molecule has 1 atom stereocenters. The molecule has 0 amide bonds. The van der Waals surface area contributed by atoms with Gasteiger partial charge in [0.2, 0.25) is 0 Å². The molecule has 1 spiro atoms. The molecule has 96 valence electrons. The average Bonchev–Trinajstić information content (AvgIpc) is 2.74. The van der Waals surface area contributed by atoms with Crippen molar-refractivity contribution in [1.29, 1.82) is 0 Å². The third-order valence-electron chi connectivity index (χ3n) is 4.55. The molecule has 1 aromatic rings. The zero-order chi connectivity index (χ0) is 12.6. The molecule has 0 radical (unpaired) electrons. The molecule has 1 fully saturated rings. The maximum atomic E-state index is 12.0. The molecule has 3 heteroatoms. The van der Waals surface area contributed by atoms with Gasteiger partial charge in [0.25, 0.3) is 0 Å². The summed E-state index contributed by atoms with van der Waals surface area (Å²) in [5, 5.41) is 3.41. The van der Waals surface area contributed by atoms with Crippen LogP contribution >= 0.6 is 0 Å². The van der Waals surface area contributed by atoms with Crippen molar-refractivity contribution in [3.8, 4) is 0 Å². The molecule has 1 aliphatic carbocycles. The Balaban J connectivity index is 2.03. The molecule has 0 unspecified atom stereocenters. The molecular formula is C15H19NO2. The average molecular weight is 245 g/mol. The van der Waals surface area contributed by atoms with E-state index in [4.69, 9.17) is 4.74 Å². The summed E-state index contributed by atoms with van der Waals surface area (Å²) in [4.78, 5) is 12.0. The highest BCUT2D eigenvalue weighted by molar-refractivity contribution is 5.80. The van der Waals surface area contributed by atoms with Crippen LogP contribution in [-0.4, -0.2) is 26.2 Å². The third kappa shape index (κ3) is 1.65. The van der Waals surface area contributed by atoms with Gasteiger partial charge in [-0.1, -0.05) is 24.3 Å². The second-order valence-electron chi connectivity index (χ2n) is 5.40. The van der Waals surface area contributed by atoms with Crippen molar-refractivity contribution in [2.75, 3.05) is 20.2 Å². The monoisotopic (exact) mass is 245 g/mol. The number of benzene rings is 1. The summed E-state index contributed by atoms with van der Waals surface area (Å²) in [6.45, 7) is 2.09. The van der Waals surface area contributed by atoms with Crippen molar-refractivity contribution in [2.45, 2.75) is 30.6 Å². The van der Waals surface area contributed by atoms with Crippen LogP contribution in [0.15, 0.2) is 24.3 Å². The number of methoxy groups -OCH3 is 1. The first-order chi connectivity index (χ1) is 8.77. The number of fused-ring (bicyclic) bond motifs is 2. The van der Waals surface area contributed by atoms with E-state index in [1.165, 1.54) is 18.2 Å². The molecular weight excluding hydrogens is 226 g/mol. The molecule has 1 aromatic carbocycles. The van der Waals surface area contributed by atoms with E-state index in [1.54, 1.807) is 0 Å². The molecule has 0 bridgehead atoms. The van der Waals surface area contributed by atoms with Crippen LogP contribution in [0.5, 0.6) is 0 Å². The molecule has 1 saturated heterocycles. The van der Waals surface area contributed by atoms with Crippen LogP contribution in [0.2, 0.25) is 0 Å². The first kappa shape index (κ1) is 11.7. The fraction of sp³-hybridized carbons (Fsp3) is 0.533. The lowest BCUT2D eigenvalue weighted by Crippen LogP contribution is -2.38. The maximum Gasteiger partial charge on any atom is 0.313 e. The van der Waals surface area contributed by atoms with Crippen molar-refractivity contribution in [2.24, 2.45) is 0 Å². The highest BCUT2D eigenvalue weighted by Crippen LogP contribution is 2.51. The Kier molecular flexibility index (Phi) is 2.86. The molecule has 1 N–H and O–H groups in total. The number of carbonyl (C=O) groups is 1. The van der Waals surface area contributed by atoms with Gasteiger partial charge in [0.05, 0.1) is 13.0 Å². The van der Waals surface area contributed by atoms with Crippen LogP contribution in [0.3, 0.4) is 0 Å². The summed E-state index contributed by atoms with van der Waals surface area (Å²) in [5.41, 5.74) is 2.76. The van der Waals surface area contributed by atoms with E-state index in [0.29, 0.717) is 0 Å². The van der Waals surface area contributed by atoms with E-state index in [-0.39, 0.29) is 17.3 Å². The Morgan fingerprint density at radius 2 is 2.06 bits per heavy atom. The van der Waals surface area contributed by atoms with Gasteiger partial charge >= 0.3 is 5.97 Å². The maximum absolute atomic E-state index is 12.0. The summed E-state index contributed by atoms with van der Waals surface area (Å²) < 4.78 is 4.97. The molecule has 3 rings (SSSR count). The van der Waals surface area contributed by atoms with Crippen LogP contribution in [0.4, 0.5) is 0 Å². The van der Waals surface area contributed by atoms with Crippen molar-refractivity contribution < 1.29 is 9.53 Å². The molecule has 18 heavy (non-hydrogen) atoms. The number of hydrogen-bond acceptors (Lipinski definition) is 3. The number of rotatable bonds is 1. The molecule has 0 aromatic heterocycles. The molecule has 0 saturated carbocycles. The van der Waals surface area contributed by atoms with Gasteiger partial charge in [-0.25, -0.2) is 0 Å². The summed E-state index contributed by atoms with van der Waals surface area (Å²) in [5.74, 6) is -0.151. The second-order valence-corrected chi connectivity index (χ2v) is 5.40. The minimum absolute atomic E-state index is 0.0655. The van der Waals surface area contributed by atoms with Crippen molar-refractivity contribution in [1.82, 2.24) is 5.32 Å². The number of nitrogens with one attached hydrogen (secondary N) is 1. The third-order valence-corrected chi connectivity index (χ3v) is 4.55. The van der Waals surface area contributed by atoms with E-state index in [1.807, 2.05) is 6.07 Å². The standard InChI is InChI=1S/C15H19NO2/c1-18-14(17)12-10-15(6-8-16-9-7-15)13-5-3-2-4-11(12)13/h2-5,12,16H,6-10H2,1H3/t12-/m1/s1. The van der Waals surface area contributed by atoms with Gasteiger partial charge in [0.15, 0.2) is 0 Å². The fourth-order valence-corrected chi connectivity index (χ4v) is 3.63. The molecule has 1 aliphatic heterocycles. The summed E-state index contributed by atoms with van der Waals surface area (Å²) in [6, 6.07) is 8.40. The van der Waals surface area contributed by atoms with E-state index >= 15 is 0 Å². The van der Waals surface area contributed by atoms with E-state index in [2.05, 4.69) is 23.5 Å². The number of ether oxygens (including phenoxy) is 1. The van der Waals surface area contributed by atoms with Gasteiger partial charge in [-0.3, -0.25) is 4.79 Å². The van der Waals surface area contributed by atoms with E-state index < -0.39 is 0 Å². The van der Waals surface area contributed by atoms with Crippen LogP contribution in [0.1, 0.15) is 36.3 Å². The minimum atomic E-state index is -0.0853. The van der Waals surface area contributed by atoms with Crippen LogP contribution < -0.4 is 5.32 Å². The molecule has 1 heterocycles. The van der Waals surface area contributed by atoms with Crippen molar-refractivity contribution in [3.05, 3.63) is 35.4 Å². The fourth-order valence-electron chi connectivity index (χ4n) is 3.63. The Morgan fingerprint density at radius 3 is 2.78 bits per heavy atom. The number of piperidine rings is 1. The Morgan fingerprint density at radius 1 is 1.33 bits per heavy atom. The Labute approximate surface area is 108 Å². The number of carbonyl (C=O) groups excluding carboxylic acids is 1. The largest absolute Gasteiger partial charge is 0.469 e. The van der Waals surface area contributed by atoms with Gasteiger partial charge in [-0.15, -0.1) is 0 Å². The van der Waals surface area contributed by atoms with E-state index in [9.17, 15) is 4.79 Å². The van der Waals surface area contributed by atoms with E-state index in [0.717, 1.165) is 32.4 Å². The van der Waals surface area contributed by atoms with Gasteiger partial charge in [-0.2, -0.15) is 0 Å². The zero-order valence-corrected chi connectivity index (χ0v) is 10.7. The lowest BCUT2D eigenvalue weighted by atomic mass is 9.74. The zero-order valence-electron chi connectivity index (χ0n) is 10.7. The van der Waals surface area contributed by atoms with Crippen molar-refractivity contribution >= 4 is 5.97 Å². The Hall–Kier alpha value is -1.35. The smallest absolute Gasteiger partial charge is 0.313 e. The van der Waals surface area contributed by atoms with Gasteiger partial charge in [-0.05, 0) is 48.9 Å². The first-order valence-corrected chi connectivity index (χ1v) is 6.65. The highest BCUT2D eigenvalue weighted by atomic mass is 16.5. The predicted octanol–water partition coefficient (Wildman–Crippen LogP) is 1.97. The molecule has 3 nitrogen and oxygen atoms in total. The first-order valence-electron chi connectivity index (χ1n) is 6.65. The van der Waals surface area contributed by atoms with Crippen LogP contribution in [-0.2, 0) is 14.9 Å². The predicted molar refractivity (Wildman–Crippen MR) is 69.6 cm³/mol. The lowest BCUT2D eigenvalue weighted by molar-refractivity contribution is -0.142. The normalized spacial score (nSPS) is 24.8. The van der Waals surface area contributed by atoms with Gasteiger partial charge < -0.3 is 10.1 Å². The summed E-state index contributed by atoms with van der Waals surface area (Å²) >= 11 is 0. The SMILES string of the molecule is COC(=O)[C@@H]1CC2(CCNCC2)c2ccccc21. The summed E-state index contributed by atoms with van der Waals surface area (Å²) in [6.07, 6.45) is 3.16. The van der Waals surface area contributed by atoms with Gasteiger partial charge in [0.1, 0.15) is 0 Å². The Bertz CT molecular complexity index is 463. The quantitative estimate of drug-likeness (QED) is 0.769.